The number of carbonyl (C=O) groups excluding carboxylic acids is 1. The fourth-order valence-corrected chi connectivity index (χ4v) is 1.58. The Bertz CT molecular complexity index is 215. The first-order chi connectivity index (χ1) is 7.61. The van der Waals surface area contributed by atoms with Crippen molar-refractivity contribution in [1.82, 2.24) is 10.2 Å². The first kappa shape index (κ1) is 13.4. The van der Waals surface area contributed by atoms with E-state index in [0.717, 1.165) is 32.8 Å². The maximum absolute atomic E-state index is 11.5. The van der Waals surface area contributed by atoms with Crippen molar-refractivity contribution in [3.05, 3.63) is 0 Å². The van der Waals surface area contributed by atoms with Crippen LogP contribution in [-0.4, -0.2) is 56.2 Å². The second kappa shape index (κ2) is 6.83. The molecule has 1 rings (SSSR count). The minimum Gasteiger partial charge on any atom is -0.379 e. The number of ether oxygens (including phenoxy) is 1. The molecule has 0 aromatic rings. The van der Waals surface area contributed by atoms with Gasteiger partial charge in [-0.1, -0.05) is 13.8 Å². The molecule has 0 aliphatic carbocycles. The van der Waals surface area contributed by atoms with Crippen molar-refractivity contribution < 1.29 is 9.53 Å². The number of nitrogens with one attached hydrogen (secondary N) is 1. The van der Waals surface area contributed by atoms with Crippen LogP contribution in [-0.2, 0) is 9.53 Å². The summed E-state index contributed by atoms with van der Waals surface area (Å²) in [4.78, 5) is 13.8. The first-order valence-electron chi connectivity index (χ1n) is 5.94. The van der Waals surface area contributed by atoms with E-state index in [-0.39, 0.29) is 11.8 Å². The number of hydrogen-bond donors (Lipinski definition) is 2. The molecule has 5 heteroatoms. The van der Waals surface area contributed by atoms with Crippen molar-refractivity contribution in [2.75, 3.05) is 39.4 Å². The van der Waals surface area contributed by atoms with E-state index in [2.05, 4.69) is 10.2 Å². The van der Waals surface area contributed by atoms with Crippen LogP contribution < -0.4 is 11.1 Å². The van der Waals surface area contributed by atoms with Gasteiger partial charge in [0, 0.05) is 26.2 Å². The van der Waals surface area contributed by atoms with Gasteiger partial charge in [0.15, 0.2) is 0 Å². The van der Waals surface area contributed by atoms with Crippen molar-refractivity contribution in [3.63, 3.8) is 0 Å². The van der Waals surface area contributed by atoms with Gasteiger partial charge in [0.1, 0.15) is 0 Å². The summed E-state index contributed by atoms with van der Waals surface area (Å²) in [6.45, 7) is 8.93. The van der Waals surface area contributed by atoms with Crippen molar-refractivity contribution >= 4 is 5.91 Å². The molecule has 1 saturated heterocycles. The van der Waals surface area contributed by atoms with Gasteiger partial charge < -0.3 is 15.8 Å². The number of nitrogens with zero attached hydrogens (tertiary/aromatic N) is 1. The fourth-order valence-electron chi connectivity index (χ4n) is 1.58. The van der Waals surface area contributed by atoms with Crippen molar-refractivity contribution in [2.45, 2.75) is 19.9 Å². The van der Waals surface area contributed by atoms with Crippen LogP contribution in [0.4, 0.5) is 0 Å². The maximum Gasteiger partial charge on any atom is 0.237 e. The fraction of sp³-hybridized carbons (Fsp3) is 0.909. The van der Waals surface area contributed by atoms with Gasteiger partial charge in [0.2, 0.25) is 5.91 Å². The third-order valence-corrected chi connectivity index (χ3v) is 2.85. The molecule has 94 valence electrons. The summed E-state index contributed by atoms with van der Waals surface area (Å²) >= 11 is 0. The van der Waals surface area contributed by atoms with Crippen LogP contribution in [0.1, 0.15) is 13.8 Å². The van der Waals surface area contributed by atoms with Gasteiger partial charge in [-0.3, -0.25) is 9.69 Å². The summed E-state index contributed by atoms with van der Waals surface area (Å²) in [5.41, 5.74) is 5.73. The highest BCUT2D eigenvalue weighted by Gasteiger charge is 2.17. The lowest BCUT2D eigenvalue weighted by Gasteiger charge is -2.26. The molecule has 1 aliphatic heterocycles. The molecule has 0 bridgehead atoms. The Labute approximate surface area is 97.3 Å². The number of rotatable bonds is 5. The normalized spacial score (nSPS) is 19.8. The lowest BCUT2D eigenvalue weighted by molar-refractivity contribution is -0.123. The number of hydrogen-bond acceptors (Lipinski definition) is 4. The number of carbonyl (C=O) groups is 1. The van der Waals surface area contributed by atoms with E-state index in [9.17, 15) is 4.79 Å². The van der Waals surface area contributed by atoms with Gasteiger partial charge in [-0.05, 0) is 5.92 Å². The molecule has 0 aromatic heterocycles. The lowest BCUT2D eigenvalue weighted by Crippen LogP contribution is -2.47. The van der Waals surface area contributed by atoms with Crippen LogP contribution in [0.15, 0.2) is 0 Å². The molecule has 1 fully saturated rings. The topological polar surface area (TPSA) is 67.6 Å². The average Bonchev–Trinajstić information content (AvgIpc) is 2.29. The Balaban J connectivity index is 2.12. The van der Waals surface area contributed by atoms with E-state index in [4.69, 9.17) is 10.5 Å². The van der Waals surface area contributed by atoms with E-state index in [0.29, 0.717) is 6.54 Å². The Hall–Kier alpha value is -0.650. The zero-order valence-corrected chi connectivity index (χ0v) is 10.2. The van der Waals surface area contributed by atoms with Gasteiger partial charge in [-0.15, -0.1) is 0 Å². The maximum atomic E-state index is 11.5. The van der Waals surface area contributed by atoms with Gasteiger partial charge in [-0.25, -0.2) is 0 Å². The van der Waals surface area contributed by atoms with Gasteiger partial charge >= 0.3 is 0 Å². The van der Waals surface area contributed by atoms with E-state index in [1.165, 1.54) is 0 Å². The Morgan fingerprint density at radius 2 is 2.06 bits per heavy atom. The summed E-state index contributed by atoms with van der Waals surface area (Å²) in [7, 11) is 0. The minimum absolute atomic E-state index is 0.0525. The first-order valence-corrected chi connectivity index (χ1v) is 5.94. The monoisotopic (exact) mass is 229 g/mol. The van der Waals surface area contributed by atoms with E-state index in [1.54, 1.807) is 0 Å². The number of amides is 1. The van der Waals surface area contributed by atoms with Crippen molar-refractivity contribution in [2.24, 2.45) is 11.7 Å². The van der Waals surface area contributed by atoms with E-state index >= 15 is 0 Å². The molecule has 1 amide bonds. The number of morpholine rings is 1. The quantitative estimate of drug-likeness (QED) is 0.662. The SMILES string of the molecule is CC(C)[C@@H](N)C(=O)NCCN1CCOCC1. The highest BCUT2D eigenvalue weighted by Crippen LogP contribution is 1.98. The molecule has 0 aromatic carbocycles. The molecule has 0 saturated carbocycles. The van der Waals surface area contributed by atoms with E-state index < -0.39 is 6.04 Å². The summed E-state index contributed by atoms with van der Waals surface area (Å²) in [5, 5.41) is 2.86. The highest BCUT2D eigenvalue weighted by molar-refractivity contribution is 5.81. The predicted octanol–water partition coefficient (Wildman–Crippen LogP) is -0.582. The Morgan fingerprint density at radius 1 is 1.44 bits per heavy atom. The zero-order chi connectivity index (χ0) is 12.0. The third kappa shape index (κ3) is 4.47. The Kier molecular flexibility index (Phi) is 5.73. The third-order valence-electron chi connectivity index (χ3n) is 2.85. The summed E-state index contributed by atoms with van der Waals surface area (Å²) in [5.74, 6) is 0.131. The van der Waals surface area contributed by atoms with Gasteiger partial charge in [0.05, 0.1) is 19.3 Å². The summed E-state index contributed by atoms with van der Waals surface area (Å²) in [6, 6.07) is -0.398. The number of nitrogens with two attached hydrogens (primary N) is 1. The second-order valence-corrected chi connectivity index (χ2v) is 4.51. The molecule has 0 spiro atoms. The van der Waals surface area contributed by atoms with Crippen LogP contribution >= 0.6 is 0 Å². The molecule has 16 heavy (non-hydrogen) atoms. The van der Waals surface area contributed by atoms with Crippen LogP contribution in [0, 0.1) is 5.92 Å². The van der Waals surface area contributed by atoms with Gasteiger partial charge in [-0.2, -0.15) is 0 Å². The molecule has 3 N–H and O–H groups in total. The lowest BCUT2D eigenvalue weighted by atomic mass is 10.1. The van der Waals surface area contributed by atoms with Crippen molar-refractivity contribution in [1.29, 1.82) is 0 Å². The van der Waals surface area contributed by atoms with Gasteiger partial charge in [0.25, 0.3) is 0 Å². The molecular formula is C11H23N3O2. The molecule has 5 nitrogen and oxygen atoms in total. The summed E-state index contributed by atoms with van der Waals surface area (Å²) in [6.07, 6.45) is 0. The smallest absolute Gasteiger partial charge is 0.237 e. The highest BCUT2D eigenvalue weighted by atomic mass is 16.5. The molecule has 1 aliphatic rings. The predicted molar refractivity (Wildman–Crippen MR) is 63.1 cm³/mol. The van der Waals surface area contributed by atoms with Crippen molar-refractivity contribution in [3.8, 4) is 0 Å². The van der Waals surface area contributed by atoms with Crippen LogP contribution in [0.25, 0.3) is 0 Å². The van der Waals surface area contributed by atoms with Crippen LogP contribution in [0.3, 0.4) is 0 Å². The Morgan fingerprint density at radius 3 is 2.62 bits per heavy atom. The minimum atomic E-state index is -0.398. The molecule has 1 atom stereocenters. The second-order valence-electron chi connectivity index (χ2n) is 4.51. The van der Waals surface area contributed by atoms with Crippen LogP contribution in [0.2, 0.25) is 0 Å². The molecule has 0 unspecified atom stereocenters. The molecule has 1 heterocycles. The molecule has 0 radical (unpaired) electrons. The van der Waals surface area contributed by atoms with Crippen LogP contribution in [0.5, 0.6) is 0 Å². The largest absolute Gasteiger partial charge is 0.379 e. The average molecular weight is 229 g/mol. The molecular weight excluding hydrogens is 206 g/mol. The van der Waals surface area contributed by atoms with E-state index in [1.807, 2.05) is 13.8 Å². The summed E-state index contributed by atoms with van der Waals surface area (Å²) < 4.78 is 5.25. The zero-order valence-electron chi connectivity index (χ0n) is 10.2. The standard InChI is InChI=1S/C11H23N3O2/c1-9(2)10(12)11(15)13-3-4-14-5-7-16-8-6-14/h9-10H,3-8,12H2,1-2H3,(H,13,15)/t10-/m1/s1.